The summed E-state index contributed by atoms with van der Waals surface area (Å²) in [4.78, 5) is 26.7. The first-order chi connectivity index (χ1) is 8.04. The maximum atomic E-state index is 11.9. The molecule has 0 unspecified atom stereocenters. The minimum Gasteiger partial charge on any atom is -0.369 e. The molecule has 90 valence electrons. The van der Waals surface area contributed by atoms with Crippen molar-refractivity contribution in [3.63, 3.8) is 0 Å². The van der Waals surface area contributed by atoms with Gasteiger partial charge in [0.15, 0.2) is 11.5 Å². The quantitative estimate of drug-likeness (QED) is 0.817. The monoisotopic (exact) mass is 235 g/mol. The normalized spacial score (nSPS) is 11.7. The Hall–Kier alpha value is -2.02. The number of imidazole rings is 1. The Labute approximate surface area is 97.6 Å². The van der Waals surface area contributed by atoms with Crippen molar-refractivity contribution in [2.24, 2.45) is 0 Å². The van der Waals surface area contributed by atoms with Gasteiger partial charge in [-0.3, -0.25) is 4.79 Å². The molecule has 2 N–H and O–H groups in total. The van der Waals surface area contributed by atoms with Gasteiger partial charge in [-0.2, -0.15) is 0 Å². The Morgan fingerprint density at radius 3 is 2.88 bits per heavy atom. The lowest BCUT2D eigenvalue weighted by atomic mass is 10.1. The van der Waals surface area contributed by atoms with E-state index in [-0.39, 0.29) is 5.91 Å². The third-order valence-corrected chi connectivity index (χ3v) is 2.51. The summed E-state index contributed by atoms with van der Waals surface area (Å²) in [6, 6.07) is 0. The number of carbonyl (C=O) groups excluding carboxylic acids is 1. The molecule has 0 aliphatic carbocycles. The molecule has 0 aliphatic heterocycles. The first-order valence-corrected chi connectivity index (χ1v) is 5.05. The van der Waals surface area contributed by atoms with Crippen molar-refractivity contribution in [2.45, 2.75) is 19.4 Å². The lowest BCUT2D eigenvalue weighted by molar-refractivity contribution is -0.133. The van der Waals surface area contributed by atoms with Gasteiger partial charge in [-0.25, -0.2) is 15.0 Å². The highest BCUT2D eigenvalue weighted by atomic mass is 16.5. The van der Waals surface area contributed by atoms with E-state index in [1.807, 2.05) is 0 Å². The van der Waals surface area contributed by atoms with E-state index >= 15 is 0 Å². The Bertz CT molecular complexity index is 548. The first kappa shape index (κ1) is 11.5. The topological polar surface area (TPSA) is 92.8 Å². The van der Waals surface area contributed by atoms with Crippen LogP contribution in [-0.4, -0.2) is 38.6 Å². The molecule has 0 fully saturated rings. The number of methoxy groups -OCH3 is 1. The SMILES string of the molecule is COC(C)(C)C(=O)Nc1ncnc2nc[nH]c12. The van der Waals surface area contributed by atoms with Gasteiger partial charge in [0, 0.05) is 7.11 Å². The molecular formula is C10H13N5O2. The van der Waals surface area contributed by atoms with Crippen molar-refractivity contribution < 1.29 is 9.53 Å². The standard InChI is InChI=1S/C10H13N5O2/c1-10(2,17-3)9(16)15-8-6-7(12-4-11-6)13-5-14-8/h4-5H,1-3H3,(H2,11,12,13,14,15,16). The van der Waals surface area contributed by atoms with Crippen LogP contribution in [0, 0.1) is 0 Å². The van der Waals surface area contributed by atoms with E-state index < -0.39 is 5.60 Å². The molecule has 0 atom stereocenters. The summed E-state index contributed by atoms with van der Waals surface area (Å²) in [5.74, 6) is 0.109. The van der Waals surface area contributed by atoms with Crippen LogP contribution in [0.1, 0.15) is 13.8 Å². The van der Waals surface area contributed by atoms with Crippen LogP contribution in [0.15, 0.2) is 12.7 Å². The summed E-state index contributed by atoms with van der Waals surface area (Å²) in [6.07, 6.45) is 2.84. The van der Waals surface area contributed by atoms with Gasteiger partial charge in [-0.1, -0.05) is 0 Å². The summed E-state index contributed by atoms with van der Waals surface area (Å²) in [7, 11) is 1.48. The second-order valence-corrected chi connectivity index (χ2v) is 3.99. The van der Waals surface area contributed by atoms with E-state index in [0.717, 1.165) is 0 Å². The molecule has 0 bridgehead atoms. The lowest BCUT2D eigenvalue weighted by Crippen LogP contribution is -2.39. The van der Waals surface area contributed by atoms with Crippen LogP contribution >= 0.6 is 0 Å². The van der Waals surface area contributed by atoms with Crippen LogP contribution in [0.3, 0.4) is 0 Å². The molecule has 0 aromatic carbocycles. The predicted molar refractivity (Wildman–Crippen MR) is 61.4 cm³/mol. The Morgan fingerprint density at radius 2 is 2.18 bits per heavy atom. The number of amides is 1. The zero-order chi connectivity index (χ0) is 12.5. The Balaban J connectivity index is 2.30. The molecule has 2 rings (SSSR count). The molecule has 7 heteroatoms. The van der Waals surface area contributed by atoms with E-state index in [0.29, 0.717) is 17.0 Å². The number of aromatic amines is 1. The van der Waals surface area contributed by atoms with Crippen molar-refractivity contribution in [1.29, 1.82) is 0 Å². The number of fused-ring (bicyclic) bond motifs is 1. The number of rotatable bonds is 3. The highest BCUT2D eigenvalue weighted by molar-refractivity contribution is 6.00. The maximum absolute atomic E-state index is 11.9. The zero-order valence-electron chi connectivity index (χ0n) is 9.81. The maximum Gasteiger partial charge on any atom is 0.257 e. The number of hydrogen-bond acceptors (Lipinski definition) is 5. The summed E-state index contributed by atoms with van der Waals surface area (Å²) in [6.45, 7) is 3.35. The molecule has 0 aliphatic rings. The summed E-state index contributed by atoms with van der Waals surface area (Å²) in [5, 5.41) is 2.68. The van der Waals surface area contributed by atoms with E-state index in [4.69, 9.17) is 4.74 Å². The largest absolute Gasteiger partial charge is 0.369 e. The second-order valence-electron chi connectivity index (χ2n) is 3.99. The van der Waals surface area contributed by atoms with Crippen LogP contribution in [0.25, 0.3) is 11.2 Å². The van der Waals surface area contributed by atoms with Gasteiger partial charge >= 0.3 is 0 Å². The third kappa shape index (κ3) is 2.09. The van der Waals surface area contributed by atoms with E-state index in [1.165, 1.54) is 19.8 Å². The molecule has 0 spiro atoms. The second kappa shape index (κ2) is 4.10. The van der Waals surface area contributed by atoms with Crippen LogP contribution in [-0.2, 0) is 9.53 Å². The number of hydrogen-bond donors (Lipinski definition) is 2. The van der Waals surface area contributed by atoms with Gasteiger partial charge in [-0.15, -0.1) is 0 Å². The predicted octanol–water partition coefficient (Wildman–Crippen LogP) is 0.716. The zero-order valence-corrected chi connectivity index (χ0v) is 9.81. The summed E-state index contributed by atoms with van der Waals surface area (Å²) >= 11 is 0. The molecule has 7 nitrogen and oxygen atoms in total. The van der Waals surface area contributed by atoms with Gasteiger partial charge in [0.2, 0.25) is 0 Å². The molecule has 0 saturated carbocycles. The number of carbonyl (C=O) groups is 1. The van der Waals surface area contributed by atoms with Crippen LogP contribution in [0.5, 0.6) is 0 Å². The molecule has 0 radical (unpaired) electrons. The minimum atomic E-state index is -0.919. The number of aromatic nitrogens is 4. The Morgan fingerprint density at radius 1 is 1.41 bits per heavy atom. The highest BCUT2D eigenvalue weighted by Gasteiger charge is 2.27. The number of H-pyrrole nitrogens is 1. The number of nitrogens with one attached hydrogen (secondary N) is 2. The fourth-order valence-corrected chi connectivity index (χ4v) is 1.21. The molecular weight excluding hydrogens is 222 g/mol. The van der Waals surface area contributed by atoms with E-state index in [2.05, 4.69) is 25.3 Å². The van der Waals surface area contributed by atoms with Crippen LogP contribution in [0.4, 0.5) is 5.82 Å². The fraction of sp³-hybridized carbons (Fsp3) is 0.400. The van der Waals surface area contributed by atoms with Crippen LogP contribution in [0.2, 0.25) is 0 Å². The minimum absolute atomic E-state index is 0.283. The fourth-order valence-electron chi connectivity index (χ4n) is 1.21. The summed E-state index contributed by atoms with van der Waals surface area (Å²) < 4.78 is 5.08. The van der Waals surface area contributed by atoms with Gasteiger partial charge in [-0.05, 0) is 13.8 Å². The van der Waals surface area contributed by atoms with Gasteiger partial charge in [0.1, 0.15) is 17.4 Å². The van der Waals surface area contributed by atoms with Gasteiger partial charge < -0.3 is 15.0 Å². The van der Waals surface area contributed by atoms with E-state index in [9.17, 15) is 4.79 Å². The summed E-state index contributed by atoms with van der Waals surface area (Å²) in [5.41, 5.74) is 0.176. The van der Waals surface area contributed by atoms with Gasteiger partial charge in [0.05, 0.1) is 6.33 Å². The van der Waals surface area contributed by atoms with Crippen molar-refractivity contribution >= 4 is 22.9 Å². The average molecular weight is 235 g/mol. The average Bonchev–Trinajstić information content (AvgIpc) is 2.78. The van der Waals surface area contributed by atoms with Crippen molar-refractivity contribution in [2.75, 3.05) is 12.4 Å². The molecule has 17 heavy (non-hydrogen) atoms. The molecule has 2 heterocycles. The molecule has 2 aromatic rings. The van der Waals surface area contributed by atoms with Crippen molar-refractivity contribution in [1.82, 2.24) is 19.9 Å². The van der Waals surface area contributed by atoms with Gasteiger partial charge in [0.25, 0.3) is 5.91 Å². The lowest BCUT2D eigenvalue weighted by Gasteiger charge is -2.21. The Kier molecular flexibility index (Phi) is 2.76. The van der Waals surface area contributed by atoms with E-state index in [1.54, 1.807) is 13.8 Å². The number of nitrogens with zero attached hydrogens (tertiary/aromatic N) is 3. The first-order valence-electron chi connectivity index (χ1n) is 5.05. The van der Waals surface area contributed by atoms with Crippen molar-refractivity contribution in [3.8, 4) is 0 Å². The van der Waals surface area contributed by atoms with Crippen LogP contribution < -0.4 is 5.32 Å². The third-order valence-electron chi connectivity index (χ3n) is 2.51. The van der Waals surface area contributed by atoms with Crippen molar-refractivity contribution in [3.05, 3.63) is 12.7 Å². The molecule has 0 saturated heterocycles. The smallest absolute Gasteiger partial charge is 0.257 e. The molecule has 1 amide bonds. The molecule has 2 aromatic heterocycles. The highest BCUT2D eigenvalue weighted by Crippen LogP contribution is 2.17. The number of anilines is 1. The number of ether oxygens (including phenoxy) is 1.